The molecule has 0 bridgehead atoms. The van der Waals surface area contributed by atoms with Gasteiger partial charge in [0.2, 0.25) is 23.6 Å². The number of likely N-dealkylation sites (tertiary alicyclic amines) is 1. The summed E-state index contributed by atoms with van der Waals surface area (Å²) in [5.74, 6) is -4.47. The molecule has 26 heavy (non-hydrogen) atoms. The van der Waals surface area contributed by atoms with Gasteiger partial charge in [-0.2, -0.15) is 0 Å². The van der Waals surface area contributed by atoms with Crippen LogP contribution in [0.4, 0.5) is 0 Å². The first-order valence-corrected chi connectivity index (χ1v) is 7.93. The first-order valence-electron chi connectivity index (χ1n) is 7.93. The Balaban J connectivity index is 2.83. The number of rotatable bonds is 9. The minimum absolute atomic E-state index is 0.177. The van der Waals surface area contributed by atoms with Gasteiger partial charge in [0.1, 0.15) is 18.1 Å². The molecule has 1 rings (SSSR count). The van der Waals surface area contributed by atoms with Crippen LogP contribution in [-0.4, -0.2) is 82.5 Å². The SMILES string of the molecule is NCC(=O)NC(CC(N)=O)C(=O)NC(CO)C(=O)N1CCCC1C(=O)O. The average Bonchev–Trinajstić information content (AvgIpc) is 3.07. The van der Waals surface area contributed by atoms with Gasteiger partial charge in [-0.25, -0.2) is 4.79 Å². The van der Waals surface area contributed by atoms with Crippen molar-refractivity contribution >= 4 is 29.6 Å². The third-order valence-electron chi connectivity index (χ3n) is 3.86. The highest BCUT2D eigenvalue weighted by Crippen LogP contribution is 2.18. The van der Waals surface area contributed by atoms with Crippen LogP contribution in [0.15, 0.2) is 0 Å². The van der Waals surface area contributed by atoms with E-state index in [-0.39, 0.29) is 13.0 Å². The molecular weight excluding hydrogens is 350 g/mol. The highest BCUT2D eigenvalue weighted by atomic mass is 16.4. The summed E-state index contributed by atoms with van der Waals surface area (Å²) in [5.41, 5.74) is 10.2. The number of primary amides is 1. The lowest BCUT2D eigenvalue weighted by Crippen LogP contribution is -2.57. The zero-order chi connectivity index (χ0) is 19.9. The smallest absolute Gasteiger partial charge is 0.326 e. The van der Waals surface area contributed by atoms with E-state index < -0.39 is 67.3 Å². The lowest BCUT2D eigenvalue weighted by atomic mass is 10.1. The first-order chi connectivity index (χ1) is 12.2. The lowest BCUT2D eigenvalue weighted by molar-refractivity contribution is -0.150. The van der Waals surface area contributed by atoms with Gasteiger partial charge >= 0.3 is 5.97 Å². The van der Waals surface area contributed by atoms with E-state index in [2.05, 4.69) is 10.6 Å². The van der Waals surface area contributed by atoms with Gasteiger partial charge in [0, 0.05) is 6.54 Å². The Bertz CT molecular complexity index is 582. The van der Waals surface area contributed by atoms with E-state index in [1.165, 1.54) is 0 Å². The van der Waals surface area contributed by atoms with Gasteiger partial charge in [0.05, 0.1) is 19.6 Å². The zero-order valence-corrected chi connectivity index (χ0v) is 14.0. The van der Waals surface area contributed by atoms with Crippen LogP contribution >= 0.6 is 0 Å². The highest BCUT2D eigenvalue weighted by molar-refractivity contribution is 5.95. The standard InChI is InChI=1S/C14H23N5O7/c15-5-11(22)17-7(4-10(16)21)12(23)18-8(6-20)13(24)19-3-1-2-9(19)14(25)26/h7-9,20H,1-6,15H2,(H2,16,21)(H,17,22)(H,18,23)(H,25,26). The minimum atomic E-state index is -1.42. The number of nitrogens with one attached hydrogen (secondary N) is 2. The Morgan fingerprint density at radius 2 is 1.81 bits per heavy atom. The van der Waals surface area contributed by atoms with Crippen molar-refractivity contribution in [2.45, 2.75) is 37.4 Å². The van der Waals surface area contributed by atoms with E-state index in [9.17, 15) is 29.1 Å². The fourth-order valence-corrected chi connectivity index (χ4v) is 2.61. The number of hydrogen-bond acceptors (Lipinski definition) is 7. The van der Waals surface area contributed by atoms with Crippen molar-refractivity contribution in [2.75, 3.05) is 19.7 Å². The molecule has 0 saturated carbocycles. The minimum Gasteiger partial charge on any atom is -0.480 e. The summed E-state index contributed by atoms with van der Waals surface area (Å²) in [6.07, 6.45) is 0.209. The summed E-state index contributed by atoms with van der Waals surface area (Å²) in [6.45, 7) is -1.04. The van der Waals surface area contributed by atoms with E-state index in [1.807, 2.05) is 0 Å². The van der Waals surface area contributed by atoms with Crippen LogP contribution in [0.3, 0.4) is 0 Å². The number of nitrogens with zero attached hydrogens (tertiary/aromatic N) is 1. The molecule has 0 aromatic carbocycles. The summed E-state index contributed by atoms with van der Waals surface area (Å²) in [7, 11) is 0. The van der Waals surface area contributed by atoms with Gasteiger partial charge in [-0.3, -0.25) is 19.2 Å². The van der Waals surface area contributed by atoms with Gasteiger partial charge in [0.15, 0.2) is 0 Å². The quantitative estimate of drug-likeness (QED) is 0.233. The van der Waals surface area contributed by atoms with Crippen molar-refractivity contribution in [3.63, 3.8) is 0 Å². The summed E-state index contributed by atoms with van der Waals surface area (Å²) >= 11 is 0. The second-order valence-corrected chi connectivity index (χ2v) is 5.77. The van der Waals surface area contributed by atoms with Crippen molar-refractivity contribution in [3.8, 4) is 0 Å². The molecule has 146 valence electrons. The number of hydrogen-bond donors (Lipinski definition) is 6. The van der Waals surface area contributed by atoms with Crippen LogP contribution in [0, 0.1) is 0 Å². The van der Waals surface area contributed by atoms with Gasteiger partial charge in [-0.1, -0.05) is 0 Å². The summed E-state index contributed by atoms with van der Waals surface area (Å²) in [6, 6.07) is -3.83. The van der Waals surface area contributed by atoms with Crippen LogP contribution in [0.5, 0.6) is 0 Å². The molecule has 3 atom stereocenters. The number of aliphatic hydroxyl groups excluding tert-OH is 1. The van der Waals surface area contributed by atoms with Crippen molar-refractivity contribution in [1.82, 2.24) is 15.5 Å². The van der Waals surface area contributed by atoms with Gasteiger partial charge < -0.3 is 37.2 Å². The molecule has 1 fully saturated rings. The number of carbonyl (C=O) groups is 5. The molecule has 1 saturated heterocycles. The molecule has 0 aromatic heterocycles. The molecule has 3 unspecified atom stereocenters. The Morgan fingerprint density at radius 1 is 1.15 bits per heavy atom. The molecule has 8 N–H and O–H groups in total. The maximum absolute atomic E-state index is 12.4. The number of amides is 4. The largest absolute Gasteiger partial charge is 0.480 e. The normalized spacial score (nSPS) is 18.7. The molecule has 1 heterocycles. The van der Waals surface area contributed by atoms with Crippen molar-refractivity contribution in [2.24, 2.45) is 11.5 Å². The van der Waals surface area contributed by atoms with E-state index >= 15 is 0 Å². The third-order valence-corrected chi connectivity index (χ3v) is 3.86. The predicted molar refractivity (Wildman–Crippen MR) is 86.2 cm³/mol. The summed E-state index contributed by atoms with van der Waals surface area (Å²) in [5, 5.41) is 22.9. The number of carboxylic acids is 1. The van der Waals surface area contributed by atoms with E-state index in [4.69, 9.17) is 16.6 Å². The molecule has 0 aliphatic carbocycles. The number of carboxylic acid groups (broad SMARTS) is 1. The molecule has 1 aliphatic rings. The predicted octanol–water partition coefficient (Wildman–Crippen LogP) is -4.14. The first kappa shape index (κ1) is 21.3. The van der Waals surface area contributed by atoms with Crippen LogP contribution in [0.1, 0.15) is 19.3 Å². The second kappa shape index (κ2) is 9.68. The summed E-state index contributed by atoms with van der Waals surface area (Å²) < 4.78 is 0. The summed E-state index contributed by atoms with van der Waals surface area (Å²) in [4.78, 5) is 59.4. The Kier molecular flexibility index (Phi) is 7.93. The second-order valence-electron chi connectivity index (χ2n) is 5.77. The molecule has 12 heteroatoms. The van der Waals surface area contributed by atoms with Gasteiger partial charge in [0.25, 0.3) is 0 Å². The van der Waals surface area contributed by atoms with E-state index in [1.54, 1.807) is 0 Å². The number of aliphatic hydroxyl groups is 1. The monoisotopic (exact) mass is 373 g/mol. The molecule has 0 spiro atoms. The molecule has 1 aliphatic heterocycles. The molecule has 0 aromatic rings. The Hall–Kier alpha value is -2.73. The van der Waals surface area contributed by atoms with Gasteiger partial charge in [-0.15, -0.1) is 0 Å². The highest BCUT2D eigenvalue weighted by Gasteiger charge is 2.38. The third kappa shape index (κ3) is 5.67. The van der Waals surface area contributed by atoms with Crippen LogP contribution < -0.4 is 22.1 Å². The number of carbonyl (C=O) groups excluding carboxylic acids is 4. The van der Waals surface area contributed by atoms with Crippen LogP contribution in [0.2, 0.25) is 0 Å². The molecule has 0 radical (unpaired) electrons. The maximum Gasteiger partial charge on any atom is 0.326 e. The van der Waals surface area contributed by atoms with Crippen molar-refractivity contribution in [3.05, 3.63) is 0 Å². The fourth-order valence-electron chi connectivity index (χ4n) is 2.61. The van der Waals surface area contributed by atoms with Crippen molar-refractivity contribution < 1.29 is 34.2 Å². The van der Waals surface area contributed by atoms with Crippen LogP contribution in [-0.2, 0) is 24.0 Å². The number of nitrogens with two attached hydrogens (primary N) is 2. The molecule has 4 amide bonds. The Morgan fingerprint density at radius 3 is 2.31 bits per heavy atom. The molecular formula is C14H23N5O7. The average molecular weight is 373 g/mol. The van der Waals surface area contributed by atoms with Gasteiger partial charge in [-0.05, 0) is 12.8 Å². The molecule has 12 nitrogen and oxygen atoms in total. The number of aliphatic carboxylic acids is 1. The topological polar surface area (TPSA) is 205 Å². The van der Waals surface area contributed by atoms with Crippen LogP contribution in [0.25, 0.3) is 0 Å². The lowest BCUT2D eigenvalue weighted by Gasteiger charge is -2.27. The Labute approximate surface area is 148 Å². The zero-order valence-electron chi connectivity index (χ0n) is 14.0. The van der Waals surface area contributed by atoms with E-state index in [0.717, 1.165) is 4.90 Å². The van der Waals surface area contributed by atoms with E-state index in [0.29, 0.717) is 6.42 Å². The van der Waals surface area contributed by atoms with Crippen molar-refractivity contribution in [1.29, 1.82) is 0 Å². The fraction of sp³-hybridized carbons (Fsp3) is 0.643. The maximum atomic E-state index is 12.4.